The zero-order valence-corrected chi connectivity index (χ0v) is 9.03. The van der Waals surface area contributed by atoms with E-state index in [-0.39, 0.29) is 18.0 Å². The van der Waals surface area contributed by atoms with Gasteiger partial charge in [-0.2, -0.15) is 0 Å². The summed E-state index contributed by atoms with van der Waals surface area (Å²) in [5, 5.41) is 0.654. The monoisotopic (exact) mass is 220 g/mol. The molecule has 16 heavy (non-hydrogen) atoms. The maximum Gasteiger partial charge on any atom is 0.166 e. The average molecular weight is 220 g/mol. The van der Waals surface area contributed by atoms with Crippen LogP contribution >= 0.6 is 0 Å². The second kappa shape index (κ2) is 4.06. The van der Waals surface area contributed by atoms with Crippen LogP contribution in [-0.4, -0.2) is 16.9 Å². The van der Waals surface area contributed by atoms with Gasteiger partial charge >= 0.3 is 0 Å². The van der Waals surface area contributed by atoms with Crippen molar-refractivity contribution in [2.24, 2.45) is 12.8 Å². The molecule has 0 fully saturated rings. The van der Waals surface area contributed by atoms with Crippen LogP contribution in [-0.2, 0) is 7.05 Å². The number of hydrogen-bond donors (Lipinski definition) is 1. The second-order valence-corrected chi connectivity index (χ2v) is 3.75. The summed E-state index contributed by atoms with van der Waals surface area (Å²) in [5.74, 6) is -0.356. The van der Waals surface area contributed by atoms with Crippen molar-refractivity contribution >= 4 is 16.7 Å². The van der Waals surface area contributed by atoms with Gasteiger partial charge < -0.3 is 10.3 Å². The van der Waals surface area contributed by atoms with Gasteiger partial charge in [0.1, 0.15) is 5.82 Å². The largest absolute Gasteiger partial charge is 0.347 e. The molecule has 0 saturated heterocycles. The van der Waals surface area contributed by atoms with Gasteiger partial charge in [0.05, 0.1) is 5.52 Å². The third-order valence-corrected chi connectivity index (χ3v) is 2.62. The summed E-state index contributed by atoms with van der Waals surface area (Å²) in [7, 11) is 1.73. The average Bonchev–Trinajstić information content (AvgIpc) is 2.58. The molecule has 0 unspecified atom stereocenters. The van der Waals surface area contributed by atoms with Crippen molar-refractivity contribution in [1.82, 2.24) is 4.57 Å². The predicted octanol–water partition coefficient (Wildman–Crippen LogP) is 1.85. The molecule has 1 heterocycles. The molecule has 0 atom stereocenters. The quantitative estimate of drug-likeness (QED) is 0.802. The van der Waals surface area contributed by atoms with Gasteiger partial charge in [0.15, 0.2) is 5.78 Å². The molecule has 2 aromatic rings. The van der Waals surface area contributed by atoms with Crippen LogP contribution in [0, 0.1) is 5.82 Å². The third-order valence-electron chi connectivity index (χ3n) is 2.62. The molecule has 0 aliphatic rings. The Kier molecular flexibility index (Phi) is 2.75. The standard InChI is InChI=1S/C12H13FN2O/c1-15-7-9(11(16)5-6-14)8-3-2-4-10(13)12(8)15/h2-4,7H,5-6,14H2,1H3. The summed E-state index contributed by atoms with van der Waals surface area (Å²) in [6.07, 6.45) is 1.95. The first-order valence-corrected chi connectivity index (χ1v) is 5.12. The van der Waals surface area contributed by atoms with Crippen molar-refractivity contribution in [2.75, 3.05) is 6.54 Å². The van der Waals surface area contributed by atoms with E-state index in [9.17, 15) is 9.18 Å². The van der Waals surface area contributed by atoms with Crippen LogP contribution in [0.5, 0.6) is 0 Å². The normalized spacial score (nSPS) is 10.9. The van der Waals surface area contributed by atoms with E-state index in [0.717, 1.165) is 0 Å². The van der Waals surface area contributed by atoms with E-state index in [1.165, 1.54) is 6.07 Å². The molecular weight excluding hydrogens is 207 g/mol. The molecule has 4 heteroatoms. The highest BCUT2D eigenvalue weighted by atomic mass is 19.1. The Bertz CT molecular complexity index is 545. The predicted molar refractivity (Wildman–Crippen MR) is 60.9 cm³/mol. The number of rotatable bonds is 3. The maximum absolute atomic E-state index is 13.6. The van der Waals surface area contributed by atoms with Crippen LogP contribution in [0.15, 0.2) is 24.4 Å². The number of halogens is 1. The lowest BCUT2D eigenvalue weighted by molar-refractivity contribution is 0.0987. The SMILES string of the molecule is Cn1cc(C(=O)CCN)c2cccc(F)c21. The number of carbonyl (C=O) groups excluding carboxylic acids is 1. The van der Waals surface area contributed by atoms with E-state index in [1.807, 2.05) is 0 Å². The topological polar surface area (TPSA) is 48.0 Å². The molecule has 0 radical (unpaired) electrons. The van der Waals surface area contributed by atoms with Gasteiger partial charge in [-0.3, -0.25) is 4.79 Å². The number of hydrogen-bond acceptors (Lipinski definition) is 2. The van der Waals surface area contributed by atoms with Crippen molar-refractivity contribution in [3.63, 3.8) is 0 Å². The van der Waals surface area contributed by atoms with E-state index >= 15 is 0 Å². The van der Waals surface area contributed by atoms with Crippen LogP contribution in [0.2, 0.25) is 0 Å². The van der Waals surface area contributed by atoms with Crippen LogP contribution in [0.25, 0.3) is 10.9 Å². The number of Topliss-reactive ketones (excluding diaryl/α,β-unsaturated/α-hetero) is 1. The number of carbonyl (C=O) groups is 1. The van der Waals surface area contributed by atoms with Gasteiger partial charge in [-0.15, -0.1) is 0 Å². The fraction of sp³-hybridized carbons (Fsp3) is 0.250. The maximum atomic E-state index is 13.6. The Morgan fingerprint density at radius 3 is 2.94 bits per heavy atom. The zero-order valence-electron chi connectivity index (χ0n) is 9.03. The molecule has 2 N–H and O–H groups in total. The van der Waals surface area contributed by atoms with Gasteiger partial charge in [-0.1, -0.05) is 12.1 Å². The highest BCUT2D eigenvalue weighted by molar-refractivity contribution is 6.08. The van der Waals surface area contributed by atoms with Gasteiger partial charge in [-0.25, -0.2) is 4.39 Å². The summed E-state index contributed by atoms with van der Waals surface area (Å²) < 4.78 is 15.2. The number of nitrogens with zero attached hydrogens (tertiary/aromatic N) is 1. The summed E-state index contributed by atoms with van der Waals surface area (Å²) in [6.45, 7) is 0.310. The molecule has 1 aromatic carbocycles. The summed E-state index contributed by atoms with van der Waals surface area (Å²) in [4.78, 5) is 11.8. The number of ketones is 1. The molecule has 0 bridgehead atoms. The molecule has 3 nitrogen and oxygen atoms in total. The lowest BCUT2D eigenvalue weighted by Crippen LogP contribution is -2.07. The molecule has 0 saturated carbocycles. The Morgan fingerprint density at radius 1 is 1.50 bits per heavy atom. The van der Waals surface area contributed by atoms with Crippen LogP contribution in [0.3, 0.4) is 0 Å². The minimum atomic E-state index is -0.313. The Balaban J connectivity index is 2.64. The minimum Gasteiger partial charge on any atom is -0.347 e. The molecule has 2 rings (SSSR count). The van der Waals surface area contributed by atoms with Crippen molar-refractivity contribution in [3.05, 3.63) is 35.8 Å². The first-order valence-electron chi connectivity index (χ1n) is 5.12. The number of aromatic nitrogens is 1. The highest BCUT2D eigenvalue weighted by Crippen LogP contribution is 2.23. The molecule has 1 aromatic heterocycles. The summed E-state index contributed by atoms with van der Waals surface area (Å²) >= 11 is 0. The van der Waals surface area contributed by atoms with Crippen molar-refractivity contribution < 1.29 is 9.18 Å². The summed E-state index contributed by atoms with van der Waals surface area (Å²) in [5.41, 5.74) is 6.35. The Morgan fingerprint density at radius 2 is 2.25 bits per heavy atom. The van der Waals surface area contributed by atoms with E-state index in [4.69, 9.17) is 5.73 Å². The van der Waals surface area contributed by atoms with E-state index < -0.39 is 0 Å². The van der Waals surface area contributed by atoms with E-state index in [1.54, 1.807) is 29.9 Å². The van der Waals surface area contributed by atoms with Crippen molar-refractivity contribution in [1.29, 1.82) is 0 Å². The van der Waals surface area contributed by atoms with Crippen molar-refractivity contribution in [3.8, 4) is 0 Å². The van der Waals surface area contributed by atoms with E-state index in [2.05, 4.69) is 0 Å². The minimum absolute atomic E-state index is 0.0429. The van der Waals surface area contributed by atoms with Crippen LogP contribution < -0.4 is 5.73 Å². The smallest absolute Gasteiger partial charge is 0.166 e. The molecule has 0 aliphatic carbocycles. The fourth-order valence-corrected chi connectivity index (χ4v) is 1.91. The van der Waals surface area contributed by atoms with Gasteiger partial charge in [0, 0.05) is 30.6 Å². The Labute approximate surface area is 92.7 Å². The highest BCUT2D eigenvalue weighted by Gasteiger charge is 2.15. The number of nitrogens with two attached hydrogens (primary N) is 1. The second-order valence-electron chi connectivity index (χ2n) is 3.75. The van der Waals surface area contributed by atoms with Gasteiger partial charge in [0.2, 0.25) is 0 Å². The number of para-hydroxylation sites is 1. The first-order chi connectivity index (χ1) is 7.65. The number of aryl methyl sites for hydroxylation is 1. The molecule has 0 aliphatic heterocycles. The van der Waals surface area contributed by atoms with E-state index in [0.29, 0.717) is 23.0 Å². The summed E-state index contributed by atoms with van der Waals surface area (Å²) in [6, 6.07) is 4.75. The zero-order chi connectivity index (χ0) is 11.7. The molecular formula is C12H13FN2O. The third kappa shape index (κ3) is 1.61. The number of benzene rings is 1. The molecule has 0 spiro atoms. The Hall–Kier alpha value is -1.68. The lowest BCUT2D eigenvalue weighted by atomic mass is 10.1. The van der Waals surface area contributed by atoms with Crippen LogP contribution in [0.1, 0.15) is 16.8 Å². The van der Waals surface area contributed by atoms with Crippen LogP contribution in [0.4, 0.5) is 4.39 Å². The fourth-order valence-electron chi connectivity index (χ4n) is 1.91. The molecule has 84 valence electrons. The van der Waals surface area contributed by atoms with Gasteiger partial charge in [0.25, 0.3) is 0 Å². The number of fused-ring (bicyclic) bond motifs is 1. The lowest BCUT2D eigenvalue weighted by Gasteiger charge is -1.97. The van der Waals surface area contributed by atoms with Gasteiger partial charge in [-0.05, 0) is 12.6 Å². The van der Waals surface area contributed by atoms with Crippen molar-refractivity contribution in [2.45, 2.75) is 6.42 Å². The molecule has 0 amide bonds. The first kappa shape index (κ1) is 10.8.